The number of ether oxygens (including phenoxy) is 2. The van der Waals surface area contributed by atoms with Gasteiger partial charge in [0.05, 0.1) is 18.1 Å². The fourth-order valence-corrected chi connectivity index (χ4v) is 6.29. The molecule has 3 rings (SSSR count). The van der Waals surface area contributed by atoms with Gasteiger partial charge in [-0.25, -0.2) is 0 Å². The number of unbranched alkanes of at least 4 members (excludes halogenated alkanes) is 1. The highest BCUT2D eigenvalue weighted by Gasteiger charge is 2.79. The normalized spacial score (nSPS) is 31.4. The molecule has 3 aliphatic rings. The lowest BCUT2D eigenvalue weighted by Gasteiger charge is -2.42. The number of amides is 2. The zero-order chi connectivity index (χ0) is 26.0. The van der Waals surface area contributed by atoms with Crippen molar-refractivity contribution in [2.75, 3.05) is 26.3 Å². The van der Waals surface area contributed by atoms with Crippen LogP contribution in [0.1, 0.15) is 66.2 Å². The number of hydrogen-bond acceptors (Lipinski definition) is 6. The summed E-state index contributed by atoms with van der Waals surface area (Å²) in [4.78, 5) is 44.9. The number of likely N-dealkylation sites (tertiary alicyclic amines) is 1. The van der Waals surface area contributed by atoms with Crippen LogP contribution in [0.5, 0.6) is 0 Å². The Bertz CT molecular complexity index is 851. The third kappa shape index (κ3) is 4.55. The van der Waals surface area contributed by atoms with Crippen molar-refractivity contribution in [3.05, 3.63) is 25.3 Å². The fraction of sp³-hybridized carbons (Fsp3) is 0.741. The summed E-state index contributed by atoms with van der Waals surface area (Å²) < 4.78 is 12.3. The van der Waals surface area contributed by atoms with Gasteiger partial charge in [0, 0.05) is 25.2 Å². The van der Waals surface area contributed by atoms with E-state index in [1.807, 2.05) is 27.7 Å². The van der Waals surface area contributed by atoms with Crippen LogP contribution in [0.15, 0.2) is 25.3 Å². The lowest BCUT2D eigenvalue weighted by Crippen LogP contribution is -2.60. The number of carbonyl (C=O) groups excluding carboxylic acids is 3. The largest absolute Gasteiger partial charge is 0.465 e. The molecule has 3 saturated heterocycles. The average Bonchev–Trinajstić information content (AvgIpc) is 3.40. The predicted molar refractivity (Wildman–Crippen MR) is 132 cm³/mol. The van der Waals surface area contributed by atoms with Gasteiger partial charge in [0.15, 0.2) is 0 Å². The highest BCUT2D eigenvalue weighted by atomic mass is 16.6. The third-order valence-electron chi connectivity index (χ3n) is 7.93. The molecule has 3 fully saturated rings. The molecule has 8 heteroatoms. The van der Waals surface area contributed by atoms with Gasteiger partial charge in [0.2, 0.25) is 11.8 Å². The second-order valence-corrected chi connectivity index (χ2v) is 10.9. The Hall–Kier alpha value is -2.19. The molecular formula is C27H42N2O6. The topological polar surface area (TPSA) is 96.4 Å². The molecule has 196 valence electrons. The van der Waals surface area contributed by atoms with Crippen LogP contribution < -0.4 is 0 Å². The van der Waals surface area contributed by atoms with Gasteiger partial charge >= 0.3 is 5.97 Å². The molecule has 0 aromatic rings. The maximum Gasteiger partial charge on any atom is 0.312 e. The van der Waals surface area contributed by atoms with E-state index in [2.05, 4.69) is 13.2 Å². The van der Waals surface area contributed by atoms with Crippen LogP contribution in [0.25, 0.3) is 0 Å². The van der Waals surface area contributed by atoms with E-state index in [4.69, 9.17) is 9.47 Å². The average molecular weight is 491 g/mol. The second kappa shape index (κ2) is 10.4. The number of aliphatic hydroxyl groups is 1. The first-order valence-corrected chi connectivity index (χ1v) is 12.9. The van der Waals surface area contributed by atoms with Gasteiger partial charge < -0.3 is 24.4 Å². The minimum Gasteiger partial charge on any atom is -0.465 e. The molecule has 5 atom stereocenters. The smallest absolute Gasteiger partial charge is 0.312 e. The first-order chi connectivity index (χ1) is 16.5. The third-order valence-corrected chi connectivity index (χ3v) is 7.93. The second-order valence-electron chi connectivity index (χ2n) is 10.9. The number of rotatable bonds is 12. The predicted octanol–water partition coefficient (Wildman–Crippen LogP) is 2.85. The molecule has 2 amide bonds. The molecule has 1 N–H and O–H groups in total. The van der Waals surface area contributed by atoms with Crippen molar-refractivity contribution < 1.29 is 29.0 Å². The highest BCUT2D eigenvalue weighted by molar-refractivity contribution is 5.98. The van der Waals surface area contributed by atoms with Crippen LogP contribution in [0.3, 0.4) is 0 Å². The molecule has 35 heavy (non-hydrogen) atoms. The molecule has 0 aromatic heterocycles. The number of nitrogens with zero attached hydrogens (tertiary/aromatic N) is 2. The van der Waals surface area contributed by atoms with Crippen LogP contribution >= 0.6 is 0 Å². The monoisotopic (exact) mass is 490 g/mol. The molecule has 0 aromatic carbocycles. The Morgan fingerprint density at radius 2 is 1.97 bits per heavy atom. The molecule has 8 nitrogen and oxygen atoms in total. The summed E-state index contributed by atoms with van der Waals surface area (Å²) >= 11 is 0. The van der Waals surface area contributed by atoms with E-state index in [-0.39, 0.29) is 25.0 Å². The maximum atomic E-state index is 14.2. The minimum absolute atomic E-state index is 0.00744. The minimum atomic E-state index is -1.07. The van der Waals surface area contributed by atoms with Crippen LogP contribution in [0, 0.1) is 11.8 Å². The van der Waals surface area contributed by atoms with Gasteiger partial charge in [-0.1, -0.05) is 19.1 Å². The maximum absolute atomic E-state index is 14.2. The summed E-state index contributed by atoms with van der Waals surface area (Å²) in [5.74, 6) is -2.37. The lowest BCUT2D eigenvalue weighted by molar-refractivity contribution is -0.162. The van der Waals surface area contributed by atoms with Crippen molar-refractivity contribution >= 4 is 17.8 Å². The summed E-state index contributed by atoms with van der Waals surface area (Å²) in [5, 5.41) is 9.31. The van der Waals surface area contributed by atoms with Gasteiger partial charge in [-0.05, 0) is 59.3 Å². The van der Waals surface area contributed by atoms with Gasteiger partial charge in [0.1, 0.15) is 17.6 Å². The van der Waals surface area contributed by atoms with Crippen LogP contribution in [0.2, 0.25) is 0 Å². The lowest BCUT2D eigenvalue weighted by atomic mass is 9.65. The molecule has 2 bridgehead atoms. The van der Waals surface area contributed by atoms with Gasteiger partial charge in [-0.3, -0.25) is 14.4 Å². The van der Waals surface area contributed by atoms with E-state index in [0.717, 1.165) is 0 Å². The Morgan fingerprint density at radius 1 is 1.26 bits per heavy atom. The van der Waals surface area contributed by atoms with Crippen molar-refractivity contribution in [2.45, 2.75) is 89.0 Å². The van der Waals surface area contributed by atoms with E-state index >= 15 is 0 Å². The van der Waals surface area contributed by atoms with Crippen molar-refractivity contribution in [2.24, 2.45) is 11.8 Å². The Labute approximate surface area is 209 Å². The van der Waals surface area contributed by atoms with Crippen LogP contribution in [0.4, 0.5) is 0 Å². The Kier molecular flexibility index (Phi) is 8.16. The summed E-state index contributed by atoms with van der Waals surface area (Å²) in [7, 11) is 0. The number of aliphatic hydroxyl groups excluding tert-OH is 1. The summed E-state index contributed by atoms with van der Waals surface area (Å²) in [6, 6.07) is -0.836. The molecule has 0 aliphatic carbocycles. The summed E-state index contributed by atoms with van der Waals surface area (Å²) in [6.45, 7) is 16.2. The van der Waals surface area contributed by atoms with E-state index in [9.17, 15) is 19.5 Å². The quantitative estimate of drug-likeness (QED) is 0.257. The molecule has 3 aliphatic heterocycles. The first kappa shape index (κ1) is 27.4. The number of fused-ring (bicyclic) bond motifs is 1. The number of carbonyl (C=O) groups is 3. The first-order valence-electron chi connectivity index (χ1n) is 12.9. The Morgan fingerprint density at radius 3 is 2.54 bits per heavy atom. The van der Waals surface area contributed by atoms with Crippen molar-refractivity contribution in [1.29, 1.82) is 0 Å². The Balaban J connectivity index is 2.06. The van der Waals surface area contributed by atoms with E-state index in [1.165, 1.54) is 0 Å². The van der Waals surface area contributed by atoms with Crippen LogP contribution in [-0.2, 0) is 23.9 Å². The van der Waals surface area contributed by atoms with Crippen LogP contribution in [-0.4, -0.2) is 81.8 Å². The molecular weight excluding hydrogens is 448 g/mol. The van der Waals surface area contributed by atoms with Crippen molar-refractivity contribution in [3.8, 4) is 0 Å². The molecule has 3 heterocycles. The standard InChI is InChI=1S/C27H42N2O6/c1-7-10-18-34-24(33)20-19-22(31)28(16-11-12-17-30)21(23(32)29(15-8-2)25(4,5)6)27(19)14-13-26(20,9-3)35-27/h7-8,19-21,30H,1-2,9-18H2,3-6H3/t19-,20-,21?,26+,27?/m0/s1. The molecule has 1 spiro atoms. The number of hydrogen-bond donors (Lipinski definition) is 1. The van der Waals surface area contributed by atoms with Crippen molar-refractivity contribution in [1.82, 2.24) is 9.80 Å². The van der Waals surface area contributed by atoms with Gasteiger partial charge in [0.25, 0.3) is 0 Å². The zero-order valence-corrected chi connectivity index (χ0v) is 21.8. The zero-order valence-electron chi connectivity index (χ0n) is 21.8. The van der Waals surface area contributed by atoms with E-state index in [0.29, 0.717) is 51.6 Å². The number of esters is 1. The summed E-state index contributed by atoms with van der Waals surface area (Å²) in [6.07, 6.45) is 6.65. The summed E-state index contributed by atoms with van der Waals surface area (Å²) in [5.41, 5.74) is -2.38. The highest BCUT2D eigenvalue weighted by Crippen LogP contribution is 2.64. The molecule has 0 saturated carbocycles. The van der Waals surface area contributed by atoms with Crippen molar-refractivity contribution in [3.63, 3.8) is 0 Å². The molecule has 2 unspecified atom stereocenters. The van der Waals surface area contributed by atoms with E-state index < -0.39 is 40.6 Å². The van der Waals surface area contributed by atoms with E-state index in [1.54, 1.807) is 22.0 Å². The molecule has 0 radical (unpaired) electrons. The SMILES string of the molecule is C=CCCOC(=O)[C@@H]1[C@H]2C(=O)N(CCCCO)C(C(=O)N(CC=C)C(C)(C)C)C23CC[C@@]1(CC)O3. The van der Waals surface area contributed by atoms with Gasteiger partial charge in [-0.2, -0.15) is 0 Å². The van der Waals surface area contributed by atoms with Gasteiger partial charge in [-0.15, -0.1) is 13.2 Å². The fourth-order valence-electron chi connectivity index (χ4n) is 6.29.